The summed E-state index contributed by atoms with van der Waals surface area (Å²) in [7, 11) is 1.31. The van der Waals surface area contributed by atoms with Gasteiger partial charge in [-0.1, -0.05) is 26.0 Å². The second-order valence-corrected chi connectivity index (χ2v) is 9.03. The number of hydrogen-bond acceptors (Lipinski definition) is 6. The maximum atomic E-state index is 13.4. The van der Waals surface area contributed by atoms with Gasteiger partial charge < -0.3 is 19.6 Å². The summed E-state index contributed by atoms with van der Waals surface area (Å²) in [5.74, 6) is -0.604. The monoisotopic (exact) mass is 417 g/mol. The van der Waals surface area contributed by atoms with E-state index in [4.69, 9.17) is 9.15 Å². The molecule has 6 nitrogen and oxygen atoms in total. The number of rotatable bonds is 2. The third-order valence-electron chi connectivity index (χ3n) is 6.12. The Hall–Kier alpha value is -3.54. The molecule has 1 atom stereocenters. The van der Waals surface area contributed by atoms with Crippen LogP contribution in [0.5, 0.6) is 5.75 Å². The summed E-state index contributed by atoms with van der Waals surface area (Å²) >= 11 is 0. The SMILES string of the molecule is COC(=O)c1cc2c3c(ccc2o1)NC1=C(C(=O)CC(C)(C)C1)C3c1cccc(O)c1. The highest BCUT2D eigenvalue weighted by Gasteiger charge is 2.41. The molecule has 2 aliphatic rings. The first-order valence-electron chi connectivity index (χ1n) is 10.2. The molecule has 1 unspecified atom stereocenters. The highest BCUT2D eigenvalue weighted by Crippen LogP contribution is 2.51. The standard InChI is InChI=1S/C25H23NO5/c1-25(2)11-17-23(18(28)12-25)21(13-5-4-6-14(27)9-13)22-15-10-20(24(29)30-3)31-19(15)8-7-16(22)26-17/h4-10,21,26-27H,11-12H2,1-3H3. The van der Waals surface area contributed by atoms with Gasteiger partial charge in [0.15, 0.2) is 5.78 Å². The minimum absolute atomic E-state index is 0.0893. The van der Waals surface area contributed by atoms with E-state index in [-0.39, 0.29) is 28.6 Å². The predicted molar refractivity (Wildman–Crippen MR) is 116 cm³/mol. The average Bonchev–Trinajstić information content (AvgIpc) is 3.15. The van der Waals surface area contributed by atoms with Gasteiger partial charge in [-0.3, -0.25) is 4.79 Å². The number of esters is 1. The zero-order chi connectivity index (χ0) is 21.9. The highest BCUT2D eigenvalue weighted by molar-refractivity contribution is 6.04. The van der Waals surface area contributed by atoms with E-state index >= 15 is 0 Å². The number of furan rings is 1. The summed E-state index contributed by atoms with van der Waals surface area (Å²) in [6, 6.07) is 12.4. The van der Waals surface area contributed by atoms with E-state index in [0.29, 0.717) is 17.6 Å². The molecule has 2 N–H and O–H groups in total. The number of phenolic OH excluding ortho intramolecular Hbond substituents is 1. The van der Waals surface area contributed by atoms with Gasteiger partial charge in [0.2, 0.25) is 5.76 Å². The summed E-state index contributed by atoms with van der Waals surface area (Å²) < 4.78 is 10.6. The molecule has 0 spiro atoms. The van der Waals surface area contributed by atoms with Gasteiger partial charge in [0.05, 0.1) is 7.11 Å². The quantitative estimate of drug-likeness (QED) is 0.562. The lowest BCUT2D eigenvalue weighted by atomic mass is 9.68. The van der Waals surface area contributed by atoms with Crippen molar-refractivity contribution in [2.45, 2.75) is 32.6 Å². The van der Waals surface area contributed by atoms with Gasteiger partial charge in [-0.15, -0.1) is 0 Å². The molecule has 3 aromatic rings. The number of nitrogens with one attached hydrogen (secondary N) is 1. The number of allylic oxidation sites excluding steroid dienone is 2. The Kier molecular flexibility index (Phi) is 4.22. The van der Waals surface area contributed by atoms with Crippen molar-refractivity contribution in [3.05, 3.63) is 70.6 Å². The summed E-state index contributed by atoms with van der Waals surface area (Å²) in [6.45, 7) is 4.19. The minimum Gasteiger partial charge on any atom is -0.508 e. The fourth-order valence-electron chi connectivity index (χ4n) is 4.88. The molecule has 0 bridgehead atoms. The van der Waals surface area contributed by atoms with E-state index in [1.54, 1.807) is 24.3 Å². The summed E-state index contributed by atoms with van der Waals surface area (Å²) in [5.41, 5.74) is 4.57. The van der Waals surface area contributed by atoms with E-state index in [1.807, 2.05) is 18.2 Å². The molecule has 5 rings (SSSR count). The van der Waals surface area contributed by atoms with Crippen LogP contribution < -0.4 is 5.32 Å². The topological polar surface area (TPSA) is 88.8 Å². The molecular weight excluding hydrogens is 394 g/mol. The van der Waals surface area contributed by atoms with Gasteiger partial charge in [-0.25, -0.2) is 4.79 Å². The lowest BCUT2D eigenvalue weighted by Crippen LogP contribution is -2.33. The first kappa shape index (κ1) is 19.4. The van der Waals surface area contributed by atoms with Crippen LogP contribution in [0.25, 0.3) is 11.0 Å². The van der Waals surface area contributed by atoms with Crippen LogP contribution in [0.4, 0.5) is 5.69 Å². The number of carbonyl (C=O) groups is 2. The number of fused-ring (bicyclic) bond motifs is 3. The maximum absolute atomic E-state index is 13.4. The summed E-state index contributed by atoms with van der Waals surface area (Å²) in [5, 5.41) is 14.4. The summed E-state index contributed by atoms with van der Waals surface area (Å²) in [6.07, 6.45) is 1.20. The largest absolute Gasteiger partial charge is 0.508 e. The number of ether oxygens (including phenoxy) is 1. The molecule has 1 aliphatic heterocycles. The Balaban J connectivity index is 1.80. The number of ketones is 1. The zero-order valence-electron chi connectivity index (χ0n) is 17.6. The normalized spacial score (nSPS) is 19.6. The minimum atomic E-state index is -0.557. The lowest BCUT2D eigenvalue weighted by Gasteiger charge is -2.39. The number of hydrogen-bond donors (Lipinski definition) is 2. The molecule has 2 aromatic carbocycles. The Morgan fingerprint density at radius 2 is 2.00 bits per heavy atom. The van der Waals surface area contributed by atoms with Crippen molar-refractivity contribution in [2.75, 3.05) is 12.4 Å². The number of anilines is 1. The van der Waals surface area contributed by atoms with Crippen LogP contribution in [0.1, 0.15) is 54.3 Å². The molecule has 0 saturated carbocycles. The van der Waals surface area contributed by atoms with Crippen LogP contribution in [0.3, 0.4) is 0 Å². The van der Waals surface area contributed by atoms with Crippen molar-refractivity contribution in [1.29, 1.82) is 0 Å². The van der Waals surface area contributed by atoms with E-state index in [1.165, 1.54) is 7.11 Å². The van der Waals surface area contributed by atoms with E-state index < -0.39 is 5.97 Å². The van der Waals surface area contributed by atoms with Crippen molar-refractivity contribution in [3.63, 3.8) is 0 Å². The second kappa shape index (κ2) is 6.74. The fraction of sp³-hybridized carbons (Fsp3) is 0.280. The Labute approximate surface area is 179 Å². The van der Waals surface area contributed by atoms with Crippen molar-refractivity contribution in [1.82, 2.24) is 0 Å². The lowest BCUT2D eigenvalue weighted by molar-refractivity contribution is -0.118. The molecule has 0 fully saturated rings. The van der Waals surface area contributed by atoms with Crippen molar-refractivity contribution in [3.8, 4) is 5.75 Å². The van der Waals surface area contributed by atoms with Gasteiger partial charge in [0.25, 0.3) is 0 Å². The van der Waals surface area contributed by atoms with Crippen LogP contribution in [0, 0.1) is 5.41 Å². The fourth-order valence-corrected chi connectivity index (χ4v) is 4.88. The second-order valence-electron chi connectivity index (χ2n) is 9.03. The molecule has 2 heterocycles. The number of Topliss-reactive ketones (excluding diaryl/α,β-unsaturated/α-hetero) is 1. The molecule has 6 heteroatoms. The van der Waals surface area contributed by atoms with Gasteiger partial charge in [0, 0.05) is 34.7 Å². The molecule has 31 heavy (non-hydrogen) atoms. The summed E-state index contributed by atoms with van der Waals surface area (Å²) in [4.78, 5) is 25.4. The Morgan fingerprint density at radius 1 is 1.19 bits per heavy atom. The molecule has 0 amide bonds. The third kappa shape index (κ3) is 3.10. The smallest absolute Gasteiger partial charge is 0.373 e. The first-order chi connectivity index (χ1) is 14.8. The van der Waals surface area contributed by atoms with Gasteiger partial charge in [-0.05, 0) is 53.3 Å². The molecule has 0 radical (unpaired) electrons. The van der Waals surface area contributed by atoms with Crippen LogP contribution in [0.15, 0.2) is 58.2 Å². The third-order valence-corrected chi connectivity index (χ3v) is 6.12. The average molecular weight is 417 g/mol. The van der Waals surface area contributed by atoms with E-state index in [2.05, 4.69) is 19.2 Å². The molecule has 1 aromatic heterocycles. The number of benzene rings is 2. The molecule has 158 valence electrons. The molecular formula is C25H23NO5. The Morgan fingerprint density at radius 3 is 2.74 bits per heavy atom. The number of aromatic hydroxyl groups is 1. The van der Waals surface area contributed by atoms with Crippen LogP contribution in [-0.2, 0) is 9.53 Å². The van der Waals surface area contributed by atoms with Crippen molar-refractivity contribution >= 4 is 28.4 Å². The van der Waals surface area contributed by atoms with Crippen LogP contribution in [-0.4, -0.2) is 24.0 Å². The zero-order valence-corrected chi connectivity index (χ0v) is 17.6. The van der Waals surface area contributed by atoms with E-state index in [9.17, 15) is 14.7 Å². The number of phenols is 1. The Bertz CT molecular complexity index is 1280. The highest BCUT2D eigenvalue weighted by atomic mass is 16.5. The number of methoxy groups -OCH3 is 1. The van der Waals surface area contributed by atoms with Crippen LogP contribution >= 0.6 is 0 Å². The molecule has 1 aliphatic carbocycles. The first-order valence-corrected chi connectivity index (χ1v) is 10.2. The number of carbonyl (C=O) groups excluding carboxylic acids is 2. The van der Waals surface area contributed by atoms with Gasteiger partial charge in [0.1, 0.15) is 11.3 Å². The van der Waals surface area contributed by atoms with Crippen molar-refractivity contribution < 1.29 is 23.8 Å². The van der Waals surface area contributed by atoms with Crippen molar-refractivity contribution in [2.24, 2.45) is 5.41 Å². The predicted octanol–water partition coefficient (Wildman–Crippen LogP) is 5.13. The molecule has 0 saturated heterocycles. The van der Waals surface area contributed by atoms with Gasteiger partial charge in [-0.2, -0.15) is 0 Å². The van der Waals surface area contributed by atoms with Gasteiger partial charge >= 0.3 is 5.97 Å². The van der Waals surface area contributed by atoms with Crippen LogP contribution in [0.2, 0.25) is 0 Å². The van der Waals surface area contributed by atoms with E-state index in [0.717, 1.165) is 34.3 Å². The maximum Gasteiger partial charge on any atom is 0.373 e.